The molecule has 0 spiro atoms. The molecule has 0 aliphatic rings. The molecule has 25 heavy (non-hydrogen) atoms. The minimum atomic E-state index is -0.401. The quantitative estimate of drug-likeness (QED) is 0.559. The minimum absolute atomic E-state index is 0.182. The Morgan fingerprint density at radius 1 is 1.00 bits per heavy atom. The number of carbonyl (C=O) groups is 2. The molecule has 0 radical (unpaired) electrons. The number of benzene rings is 1. The number of rotatable bonds is 7. The van der Waals surface area contributed by atoms with Gasteiger partial charge in [-0.2, -0.15) is 0 Å². The maximum atomic E-state index is 12.2. The van der Waals surface area contributed by atoms with Crippen LogP contribution in [0.5, 0.6) is 17.2 Å². The second-order valence-electron chi connectivity index (χ2n) is 4.87. The summed E-state index contributed by atoms with van der Waals surface area (Å²) in [5.74, 6) is 0.745. The van der Waals surface area contributed by atoms with Crippen LogP contribution >= 0.6 is 15.9 Å². The van der Waals surface area contributed by atoms with E-state index in [0.29, 0.717) is 27.4 Å². The van der Waals surface area contributed by atoms with Crippen molar-refractivity contribution < 1.29 is 23.8 Å². The van der Waals surface area contributed by atoms with E-state index in [9.17, 15) is 9.59 Å². The Bertz CT molecular complexity index is 795. The minimum Gasteiger partial charge on any atom is -0.494 e. The third kappa shape index (κ3) is 4.48. The van der Waals surface area contributed by atoms with E-state index in [1.807, 2.05) is 0 Å². The van der Waals surface area contributed by atoms with E-state index in [2.05, 4.69) is 26.2 Å². The van der Waals surface area contributed by atoms with Crippen molar-refractivity contribution >= 4 is 27.6 Å². The van der Waals surface area contributed by atoms with E-state index < -0.39 is 5.91 Å². The van der Waals surface area contributed by atoms with Crippen molar-refractivity contribution in [1.29, 1.82) is 0 Å². The number of pyridine rings is 1. The number of nitrogens with one attached hydrogen (secondary N) is 1. The van der Waals surface area contributed by atoms with Crippen molar-refractivity contribution in [3.05, 3.63) is 46.2 Å². The van der Waals surface area contributed by atoms with E-state index in [0.717, 1.165) is 0 Å². The zero-order valence-corrected chi connectivity index (χ0v) is 15.5. The number of amides is 1. The molecule has 0 aliphatic heterocycles. The summed E-state index contributed by atoms with van der Waals surface area (Å²) in [4.78, 5) is 28.5. The Labute approximate surface area is 153 Å². The lowest BCUT2D eigenvalue weighted by Gasteiger charge is -2.10. The van der Waals surface area contributed by atoms with E-state index in [1.165, 1.54) is 27.4 Å². The van der Waals surface area contributed by atoms with Crippen LogP contribution in [0, 0.1) is 0 Å². The number of nitrogens with zero attached hydrogens (tertiary/aromatic N) is 1. The smallest absolute Gasteiger partial charge is 0.251 e. The summed E-state index contributed by atoms with van der Waals surface area (Å²) in [6.07, 6.45) is 0. The van der Waals surface area contributed by atoms with Crippen LogP contribution in [0.2, 0.25) is 0 Å². The van der Waals surface area contributed by atoms with E-state index in [1.54, 1.807) is 24.3 Å². The average Bonchev–Trinajstić information content (AvgIpc) is 2.64. The summed E-state index contributed by atoms with van der Waals surface area (Å²) in [7, 11) is 4.50. The number of ketones is 1. The van der Waals surface area contributed by atoms with E-state index >= 15 is 0 Å². The first-order valence-electron chi connectivity index (χ1n) is 7.24. The molecule has 1 N–H and O–H groups in total. The summed E-state index contributed by atoms with van der Waals surface area (Å²) < 4.78 is 15.8. The highest BCUT2D eigenvalue weighted by Crippen LogP contribution is 2.27. The van der Waals surface area contributed by atoms with Crippen LogP contribution in [0.25, 0.3) is 0 Å². The lowest BCUT2D eigenvalue weighted by atomic mass is 10.1. The molecule has 0 saturated heterocycles. The van der Waals surface area contributed by atoms with Crippen LogP contribution in [0.4, 0.5) is 0 Å². The van der Waals surface area contributed by atoms with Gasteiger partial charge in [-0.15, -0.1) is 0 Å². The summed E-state index contributed by atoms with van der Waals surface area (Å²) in [5.41, 5.74) is 0.578. The number of carbonyl (C=O) groups excluding carboxylic acids is 2. The van der Waals surface area contributed by atoms with Gasteiger partial charge >= 0.3 is 0 Å². The topological polar surface area (TPSA) is 86.8 Å². The van der Waals surface area contributed by atoms with Gasteiger partial charge in [0, 0.05) is 5.56 Å². The molecule has 0 aliphatic carbocycles. The van der Waals surface area contributed by atoms with Crippen LogP contribution < -0.4 is 19.5 Å². The number of ether oxygens (including phenoxy) is 3. The summed E-state index contributed by atoms with van der Waals surface area (Å²) in [5, 5.41) is 2.56. The van der Waals surface area contributed by atoms with Gasteiger partial charge in [0.05, 0.1) is 27.9 Å². The molecular formula is C17H17BrN2O5. The summed E-state index contributed by atoms with van der Waals surface area (Å²) >= 11 is 3.22. The first kappa shape index (κ1) is 18.7. The molecule has 0 atom stereocenters. The average molecular weight is 409 g/mol. The summed E-state index contributed by atoms with van der Waals surface area (Å²) in [6.45, 7) is -0.182. The van der Waals surface area contributed by atoms with Crippen LogP contribution in [0.1, 0.15) is 20.8 Å². The number of hydrogen-bond donors (Lipinski definition) is 1. The largest absolute Gasteiger partial charge is 0.494 e. The highest BCUT2D eigenvalue weighted by atomic mass is 79.9. The van der Waals surface area contributed by atoms with Gasteiger partial charge in [-0.3, -0.25) is 9.59 Å². The van der Waals surface area contributed by atoms with Gasteiger partial charge in [0.15, 0.2) is 23.0 Å². The molecular weight excluding hydrogens is 392 g/mol. The molecule has 1 amide bonds. The van der Waals surface area contributed by atoms with Gasteiger partial charge in [0.1, 0.15) is 10.3 Å². The standard InChI is InChI=1S/C17H17BrN2O5/c1-23-13-6-4-10(8-15(13)25-3)17(22)19-9-12(21)11-5-7-14(24-2)16(18)20-11/h4-8H,9H2,1-3H3,(H,19,22). The van der Waals surface area contributed by atoms with Gasteiger partial charge in [-0.1, -0.05) is 0 Å². The predicted octanol–water partition coefficient (Wildman–Crippen LogP) is 2.48. The van der Waals surface area contributed by atoms with E-state index in [4.69, 9.17) is 14.2 Å². The van der Waals surface area contributed by atoms with Crippen molar-refractivity contribution in [1.82, 2.24) is 10.3 Å². The van der Waals surface area contributed by atoms with Gasteiger partial charge in [-0.05, 0) is 46.3 Å². The Balaban J connectivity index is 2.04. The van der Waals surface area contributed by atoms with Crippen LogP contribution in [0.3, 0.4) is 0 Å². The molecule has 0 unspecified atom stereocenters. The molecule has 132 valence electrons. The third-order valence-corrected chi connectivity index (χ3v) is 3.94. The molecule has 0 saturated carbocycles. The van der Waals surface area contributed by atoms with E-state index in [-0.39, 0.29) is 18.0 Å². The molecule has 2 aromatic rings. The molecule has 1 aromatic heterocycles. The Morgan fingerprint density at radius 3 is 2.24 bits per heavy atom. The fourth-order valence-corrected chi connectivity index (χ4v) is 2.54. The van der Waals surface area contributed by atoms with Gasteiger partial charge in [0.2, 0.25) is 0 Å². The zero-order chi connectivity index (χ0) is 18.4. The highest BCUT2D eigenvalue weighted by molar-refractivity contribution is 9.10. The molecule has 8 heteroatoms. The normalized spacial score (nSPS) is 10.1. The van der Waals surface area contributed by atoms with Crippen LogP contribution in [-0.4, -0.2) is 44.5 Å². The first-order valence-corrected chi connectivity index (χ1v) is 8.03. The number of aromatic nitrogens is 1. The van der Waals surface area contributed by atoms with Crippen molar-refractivity contribution in [3.63, 3.8) is 0 Å². The zero-order valence-electron chi connectivity index (χ0n) is 14.0. The molecule has 1 aromatic carbocycles. The number of halogens is 1. The molecule has 0 fully saturated rings. The van der Waals surface area contributed by atoms with Crippen molar-refractivity contribution in [2.75, 3.05) is 27.9 Å². The predicted molar refractivity (Wildman–Crippen MR) is 94.7 cm³/mol. The molecule has 7 nitrogen and oxygen atoms in total. The maximum Gasteiger partial charge on any atom is 0.251 e. The van der Waals surface area contributed by atoms with Crippen molar-refractivity contribution in [2.45, 2.75) is 0 Å². The molecule has 0 bridgehead atoms. The van der Waals surface area contributed by atoms with Gasteiger partial charge in [-0.25, -0.2) is 4.98 Å². The second-order valence-corrected chi connectivity index (χ2v) is 5.62. The van der Waals surface area contributed by atoms with Gasteiger partial charge < -0.3 is 19.5 Å². The Kier molecular flexibility index (Phi) is 6.35. The number of hydrogen-bond acceptors (Lipinski definition) is 6. The lowest BCUT2D eigenvalue weighted by Crippen LogP contribution is -2.30. The third-order valence-electron chi connectivity index (χ3n) is 3.38. The molecule has 1 heterocycles. The maximum absolute atomic E-state index is 12.2. The van der Waals surface area contributed by atoms with Crippen LogP contribution in [-0.2, 0) is 0 Å². The fourth-order valence-electron chi connectivity index (χ4n) is 2.06. The second kappa shape index (κ2) is 8.48. The monoisotopic (exact) mass is 408 g/mol. The number of methoxy groups -OCH3 is 3. The SMILES string of the molecule is COc1ccc(C(=O)NCC(=O)c2ccc(OC)c(Br)n2)cc1OC. The fraction of sp³-hybridized carbons (Fsp3) is 0.235. The Morgan fingerprint density at radius 2 is 1.64 bits per heavy atom. The van der Waals surface area contributed by atoms with Crippen molar-refractivity contribution in [3.8, 4) is 17.2 Å². The summed E-state index contributed by atoms with van der Waals surface area (Å²) in [6, 6.07) is 7.91. The highest BCUT2D eigenvalue weighted by Gasteiger charge is 2.14. The Hall–Kier alpha value is -2.61. The van der Waals surface area contributed by atoms with Gasteiger partial charge in [0.25, 0.3) is 5.91 Å². The molecule has 2 rings (SSSR count). The van der Waals surface area contributed by atoms with Crippen LogP contribution in [0.15, 0.2) is 34.9 Å². The van der Waals surface area contributed by atoms with Crippen molar-refractivity contribution in [2.24, 2.45) is 0 Å². The lowest BCUT2D eigenvalue weighted by molar-refractivity contribution is 0.0902. The first-order chi connectivity index (χ1) is 12.0. The number of Topliss-reactive ketones (excluding diaryl/α,β-unsaturated/α-hetero) is 1.